The molecule has 0 amide bonds. The van der Waals surface area contributed by atoms with Crippen molar-refractivity contribution in [3.63, 3.8) is 0 Å². The monoisotopic (exact) mass is 540 g/mol. The highest BCUT2D eigenvalue weighted by Gasteiger charge is 2.35. The number of rotatable bonds is 6. The molecule has 1 fully saturated rings. The molecule has 6 heteroatoms. The van der Waals surface area contributed by atoms with Crippen LogP contribution in [0.4, 0.5) is 0 Å². The average Bonchev–Trinajstić information content (AvgIpc) is 2.97. The first kappa shape index (κ1) is 25.4. The topological polar surface area (TPSA) is 40.6 Å². The number of fused-ring (bicyclic) bond motifs is 2. The summed E-state index contributed by atoms with van der Waals surface area (Å²) in [6.45, 7) is 4.22. The summed E-state index contributed by atoms with van der Waals surface area (Å²) in [5.41, 5.74) is 5.86. The van der Waals surface area contributed by atoms with E-state index in [9.17, 15) is 8.42 Å². The van der Waals surface area contributed by atoms with Crippen LogP contribution in [0.3, 0.4) is 0 Å². The van der Waals surface area contributed by atoms with Crippen LogP contribution in [-0.4, -0.2) is 43.8 Å². The molecule has 2 heterocycles. The first-order valence-electron chi connectivity index (χ1n) is 13.2. The van der Waals surface area contributed by atoms with E-state index in [2.05, 4.69) is 89.8 Å². The minimum Gasteiger partial charge on any atom is -0.290 e. The van der Waals surface area contributed by atoms with Crippen LogP contribution in [-0.2, 0) is 16.4 Å². The van der Waals surface area contributed by atoms with E-state index in [1.165, 1.54) is 32.0 Å². The van der Waals surface area contributed by atoms with Crippen LogP contribution in [0.2, 0.25) is 0 Å². The molecule has 194 valence electrons. The summed E-state index contributed by atoms with van der Waals surface area (Å²) in [6, 6.07) is 35.8. The van der Waals surface area contributed by atoms with E-state index in [1.54, 1.807) is 16.1 Å². The molecule has 4 aromatic carbocycles. The van der Waals surface area contributed by atoms with Gasteiger partial charge in [0, 0.05) is 36.0 Å². The smallest absolute Gasteiger partial charge is 0.220 e. The van der Waals surface area contributed by atoms with Gasteiger partial charge < -0.3 is 0 Å². The number of hydrogen-bond acceptors (Lipinski definition) is 4. The summed E-state index contributed by atoms with van der Waals surface area (Å²) in [5, 5.41) is -0.583. The maximum atomic E-state index is 13.8. The minimum atomic E-state index is -3.48. The van der Waals surface area contributed by atoms with Crippen molar-refractivity contribution in [3.05, 3.63) is 131 Å². The molecule has 0 bridgehead atoms. The van der Waals surface area contributed by atoms with E-state index in [1.807, 2.05) is 25.1 Å². The normalized spacial score (nSPS) is 17.1. The van der Waals surface area contributed by atoms with E-state index in [-0.39, 0.29) is 6.04 Å². The highest BCUT2D eigenvalue weighted by molar-refractivity contribution is 7.99. The van der Waals surface area contributed by atoms with Gasteiger partial charge in [0.25, 0.3) is 0 Å². The van der Waals surface area contributed by atoms with Gasteiger partial charge >= 0.3 is 0 Å². The fourth-order valence-corrected chi connectivity index (χ4v) is 8.32. The Kier molecular flexibility index (Phi) is 7.14. The Labute approximate surface area is 230 Å². The zero-order valence-corrected chi connectivity index (χ0v) is 23.2. The van der Waals surface area contributed by atoms with Crippen molar-refractivity contribution in [1.82, 2.24) is 9.21 Å². The second kappa shape index (κ2) is 10.7. The fourth-order valence-electron chi connectivity index (χ4n) is 5.66. The third kappa shape index (κ3) is 4.94. The molecule has 1 unspecified atom stereocenters. The van der Waals surface area contributed by atoms with E-state index in [0.717, 1.165) is 12.0 Å². The molecule has 4 nitrogen and oxygen atoms in total. The van der Waals surface area contributed by atoms with Crippen LogP contribution in [0.5, 0.6) is 0 Å². The molecule has 38 heavy (non-hydrogen) atoms. The third-order valence-electron chi connectivity index (χ3n) is 7.80. The molecular weight excluding hydrogens is 508 g/mol. The Morgan fingerprint density at radius 3 is 1.89 bits per heavy atom. The molecular formula is C32H32N2O2S2. The average molecular weight is 541 g/mol. The van der Waals surface area contributed by atoms with Crippen LogP contribution in [0.1, 0.15) is 46.0 Å². The Morgan fingerprint density at radius 2 is 1.24 bits per heavy atom. The largest absolute Gasteiger partial charge is 0.290 e. The molecule has 2 aliphatic rings. The lowest BCUT2D eigenvalue weighted by Gasteiger charge is -2.40. The number of hydrogen-bond donors (Lipinski definition) is 0. The van der Waals surface area contributed by atoms with Gasteiger partial charge in [-0.2, -0.15) is 4.31 Å². The maximum Gasteiger partial charge on any atom is 0.220 e. The van der Waals surface area contributed by atoms with Crippen molar-refractivity contribution in [2.75, 3.05) is 26.2 Å². The van der Waals surface area contributed by atoms with Crippen molar-refractivity contribution >= 4 is 21.8 Å². The predicted octanol–water partition coefficient (Wildman–Crippen LogP) is 6.54. The van der Waals surface area contributed by atoms with E-state index < -0.39 is 15.3 Å². The summed E-state index contributed by atoms with van der Waals surface area (Å²) in [6.07, 6.45) is 0.845. The summed E-state index contributed by atoms with van der Waals surface area (Å²) < 4.78 is 29.2. The molecule has 0 aliphatic carbocycles. The zero-order valence-electron chi connectivity index (χ0n) is 21.5. The van der Waals surface area contributed by atoms with Gasteiger partial charge in [0.15, 0.2) is 0 Å². The predicted molar refractivity (Wildman–Crippen MR) is 155 cm³/mol. The molecule has 1 atom stereocenters. The zero-order chi connectivity index (χ0) is 26.1. The number of piperazine rings is 1. The molecule has 0 N–H and O–H groups in total. The lowest BCUT2D eigenvalue weighted by Crippen LogP contribution is -2.50. The van der Waals surface area contributed by atoms with Crippen molar-refractivity contribution in [2.45, 2.75) is 34.4 Å². The van der Waals surface area contributed by atoms with Gasteiger partial charge in [-0.15, -0.1) is 0 Å². The van der Waals surface area contributed by atoms with Crippen LogP contribution in [0.25, 0.3) is 0 Å². The summed E-state index contributed by atoms with van der Waals surface area (Å²) in [5.74, 6) is 0. The van der Waals surface area contributed by atoms with Crippen LogP contribution < -0.4 is 0 Å². The number of benzene rings is 4. The second-order valence-electron chi connectivity index (χ2n) is 10.1. The Morgan fingerprint density at radius 1 is 0.658 bits per heavy atom. The first-order valence-corrected chi connectivity index (χ1v) is 15.5. The molecule has 0 saturated carbocycles. The van der Waals surface area contributed by atoms with Gasteiger partial charge in [-0.05, 0) is 53.3 Å². The Hall–Kier alpha value is -2.90. The molecule has 6 rings (SSSR count). The van der Waals surface area contributed by atoms with Gasteiger partial charge in [-0.1, -0.05) is 103 Å². The van der Waals surface area contributed by atoms with Gasteiger partial charge in [-0.3, -0.25) is 4.90 Å². The van der Waals surface area contributed by atoms with Crippen molar-refractivity contribution in [3.8, 4) is 0 Å². The van der Waals surface area contributed by atoms with Gasteiger partial charge in [0.2, 0.25) is 10.0 Å². The lowest BCUT2D eigenvalue weighted by molar-refractivity contribution is 0.155. The standard InChI is InChI=1S/C32H32N2O2S2/c1-24(27-16-17-31-29(22-27)23-28-14-8-9-15-30(28)37-31)38(35,36)34-20-18-33(19-21-34)32(25-10-4-2-5-11-25)26-12-6-3-7-13-26/h2-17,22,24,32H,18-21,23H2,1H3. The maximum absolute atomic E-state index is 13.8. The molecule has 1 saturated heterocycles. The molecule has 4 aromatic rings. The third-order valence-corrected chi connectivity index (χ3v) is 11.3. The van der Waals surface area contributed by atoms with E-state index in [4.69, 9.17) is 0 Å². The van der Waals surface area contributed by atoms with Crippen LogP contribution >= 0.6 is 11.8 Å². The summed E-state index contributed by atoms with van der Waals surface area (Å²) >= 11 is 1.77. The highest BCUT2D eigenvalue weighted by Crippen LogP contribution is 2.41. The quantitative estimate of drug-likeness (QED) is 0.245. The second-order valence-corrected chi connectivity index (χ2v) is 13.4. The molecule has 0 spiro atoms. The molecule has 0 radical (unpaired) electrons. The van der Waals surface area contributed by atoms with Crippen molar-refractivity contribution in [2.24, 2.45) is 0 Å². The molecule has 0 aromatic heterocycles. The van der Waals surface area contributed by atoms with E-state index >= 15 is 0 Å². The van der Waals surface area contributed by atoms with Gasteiger partial charge in [0.05, 0.1) is 11.3 Å². The fraction of sp³-hybridized carbons (Fsp3) is 0.250. The Balaban J connectivity index is 1.18. The van der Waals surface area contributed by atoms with Crippen molar-refractivity contribution < 1.29 is 8.42 Å². The lowest BCUT2D eigenvalue weighted by atomic mass is 9.96. The van der Waals surface area contributed by atoms with Gasteiger partial charge in [-0.25, -0.2) is 8.42 Å². The van der Waals surface area contributed by atoms with E-state index in [0.29, 0.717) is 26.2 Å². The number of sulfonamides is 1. The van der Waals surface area contributed by atoms with Crippen LogP contribution in [0, 0.1) is 0 Å². The summed E-state index contributed by atoms with van der Waals surface area (Å²) in [7, 11) is -3.48. The number of nitrogens with zero attached hydrogens (tertiary/aromatic N) is 2. The first-order chi connectivity index (χ1) is 18.5. The highest BCUT2D eigenvalue weighted by atomic mass is 32.2. The SMILES string of the molecule is CC(c1ccc2c(c1)Cc1ccccc1S2)S(=O)(=O)N1CCN(C(c2ccccc2)c2ccccc2)CC1. The molecule has 2 aliphatic heterocycles. The van der Waals surface area contributed by atoms with Crippen LogP contribution in [0.15, 0.2) is 113 Å². The van der Waals surface area contributed by atoms with Crippen molar-refractivity contribution in [1.29, 1.82) is 0 Å². The summed E-state index contributed by atoms with van der Waals surface area (Å²) in [4.78, 5) is 4.92. The Bertz CT molecular complexity index is 1480. The van der Waals surface area contributed by atoms with Gasteiger partial charge in [0.1, 0.15) is 0 Å². The minimum absolute atomic E-state index is 0.112.